The van der Waals surface area contributed by atoms with E-state index in [0.29, 0.717) is 0 Å². The number of benzene rings is 4. The molecule has 0 spiro atoms. The number of rotatable bonds is 8. The third-order valence-electron chi connectivity index (χ3n) is 10.1. The second kappa shape index (κ2) is 13.2. The van der Waals surface area contributed by atoms with Crippen molar-refractivity contribution in [3.8, 4) is 0 Å². The van der Waals surface area contributed by atoms with Gasteiger partial charge in [0.1, 0.15) is 30.5 Å². The van der Waals surface area contributed by atoms with Crippen molar-refractivity contribution < 1.29 is 28.2 Å². The first kappa shape index (κ1) is 35.6. The highest BCUT2D eigenvalue weighted by atomic mass is 28.4. The summed E-state index contributed by atoms with van der Waals surface area (Å²) < 4.78 is 28.1. The normalized spacial score (nSPS) is 24.4. The molecule has 6 nitrogen and oxygen atoms in total. The molecule has 1 aliphatic heterocycles. The highest BCUT2D eigenvalue weighted by Gasteiger charge is 2.64. The lowest BCUT2D eigenvalue weighted by Gasteiger charge is -2.50. The number of hydrogen-bond acceptors (Lipinski definition) is 6. The highest BCUT2D eigenvalue weighted by molar-refractivity contribution is 7.00. The van der Waals surface area contributed by atoms with Crippen LogP contribution in [0, 0.1) is 0 Å². The van der Waals surface area contributed by atoms with Crippen LogP contribution in [0.15, 0.2) is 121 Å². The quantitative estimate of drug-likeness (QED) is 0.251. The Bertz CT molecular complexity index is 1640. The van der Waals surface area contributed by atoms with Crippen molar-refractivity contribution in [3.05, 3.63) is 121 Å². The molecule has 2 fully saturated rings. The Kier molecular flexibility index (Phi) is 9.56. The van der Waals surface area contributed by atoms with Crippen LogP contribution in [-0.4, -0.2) is 63.8 Å². The van der Waals surface area contributed by atoms with Crippen LogP contribution in [0.1, 0.15) is 55.4 Å². The van der Waals surface area contributed by atoms with E-state index < -0.39 is 63.8 Å². The van der Waals surface area contributed by atoms with Crippen LogP contribution in [0.25, 0.3) is 0 Å². The van der Waals surface area contributed by atoms with Crippen LogP contribution in [0.5, 0.6) is 0 Å². The topological polar surface area (TPSA) is 74.2 Å². The third kappa shape index (κ3) is 6.22. The van der Waals surface area contributed by atoms with E-state index in [1.807, 2.05) is 86.6 Å². The maximum atomic E-state index is 14.8. The molecule has 8 heteroatoms. The lowest BCUT2D eigenvalue weighted by molar-refractivity contribution is -0.163. The second-order valence-electron chi connectivity index (χ2n) is 15.9. The molecule has 1 N–H and O–H groups in total. The molecule has 258 valence electrons. The van der Waals surface area contributed by atoms with Crippen molar-refractivity contribution in [2.24, 2.45) is 0 Å². The Labute approximate surface area is 293 Å². The smallest absolute Gasteiger partial charge is 0.262 e. The zero-order chi connectivity index (χ0) is 35.2. The number of ether oxygens (including phenoxy) is 2. The maximum absolute atomic E-state index is 14.8. The van der Waals surface area contributed by atoms with E-state index in [1.165, 1.54) is 0 Å². The molecule has 2 aliphatic rings. The summed E-state index contributed by atoms with van der Waals surface area (Å²) in [6.45, 7) is 16.8. The lowest BCUT2D eigenvalue weighted by Crippen LogP contribution is -2.74. The predicted molar refractivity (Wildman–Crippen MR) is 200 cm³/mol. The summed E-state index contributed by atoms with van der Waals surface area (Å²) in [6.07, 6.45) is -5.18. The minimum Gasteiger partial charge on any atom is -0.399 e. The number of aliphatic hydroxyl groups excluding tert-OH is 1. The van der Waals surface area contributed by atoms with Crippen LogP contribution >= 0.6 is 0 Å². The summed E-state index contributed by atoms with van der Waals surface area (Å²) >= 11 is 0. The fraction of sp³-hybridized carbons (Fsp3) is 0.390. The molecule has 1 saturated heterocycles. The second-order valence-corrected chi connectivity index (χ2v) is 24.4. The number of Topliss-reactive ketones (excluding diaryl/α,β-unsaturated/α-hetero) is 1. The van der Waals surface area contributed by atoms with E-state index in [-0.39, 0.29) is 5.04 Å². The van der Waals surface area contributed by atoms with Gasteiger partial charge in [-0.2, -0.15) is 0 Å². The van der Waals surface area contributed by atoms with E-state index in [9.17, 15) is 9.90 Å². The van der Waals surface area contributed by atoms with Crippen LogP contribution in [0.3, 0.4) is 0 Å². The zero-order valence-electron chi connectivity index (χ0n) is 29.9. The number of ketones is 1. The predicted octanol–water partition coefficient (Wildman–Crippen LogP) is 5.34. The Morgan fingerprint density at radius 3 is 1.24 bits per heavy atom. The molecule has 6 rings (SSSR count). The number of carbonyl (C=O) groups excluding carboxylic acids is 1. The summed E-state index contributed by atoms with van der Waals surface area (Å²) in [4.78, 5) is 14.8. The molecule has 5 atom stereocenters. The summed E-state index contributed by atoms with van der Waals surface area (Å²) in [7, 11) is -6.42. The maximum Gasteiger partial charge on any atom is 0.262 e. The fourth-order valence-corrected chi connectivity index (χ4v) is 17.3. The molecule has 1 aliphatic carbocycles. The molecule has 0 radical (unpaired) electrons. The highest BCUT2D eigenvalue weighted by Crippen LogP contribution is 2.46. The Balaban J connectivity index is 1.50. The van der Waals surface area contributed by atoms with Gasteiger partial charge >= 0.3 is 0 Å². The Hall–Kier alpha value is -3.22. The monoisotopic (exact) mass is 694 g/mol. The van der Waals surface area contributed by atoms with Crippen LogP contribution in [0.2, 0.25) is 10.1 Å². The molecule has 0 amide bonds. The van der Waals surface area contributed by atoms with Gasteiger partial charge in [0.15, 0.2) is 11.6 Å². The summed E-state index contributed by atoms with van der Waals surface area (Å²) in [5.41, 5.74) is 0. The van der Waals surface area contributed by atoms with Crippen LogP contribution in [-0.2, 0) is 23.1 Å². The van der Waals surface area contributed by atoms with Crippen molar-refractivity contribution in [3.63, 3.8) is 0 Å². The van der Waals surface area contributed by atoms with E-state index in [4.69, 9.17) is 18.3 Å². The number of fused-ring (bicyclic) bond motifs is 1. The largest absolute Gasteiger partial charge is 0.399 e. The van der Waals surface area contributed by atoms with Gasteiger partial charge in [-0.25, -0.2) is 0 Å². The van der Waals surface area contributed by atoms with Gasteiger partial charge in [0, 0.05) is 0 Å². The van der Waals surface area contributed by atoms with E-state index in [2.05, 4.69) is 90.1 Å². The van der Waals surface area contributed by atoms with E-state index in [0.717, 1.165) is 20.7 Å². The van der Waals surface area contributed by atoms with Gasteiger partial charge in [0.2, 0.25) is 0 Å². The van der Waals surface area contributed by atoms with E-state index >= 15 is 0 Å². The molecule has 1 heterocycles. The van der Waals surface area contributed by atoms with Gasteiger partial charge in [0.25, 0.3) is 16.6 Å². The van der Waals surface area contributed by atoms with Crippen LogP contribution < -0.4 is 20.7 Å². The minimum absolute atomic E-state index is 0.384. The van der Waals surface area contributed by atoms with Crippen molar-refractivity contribution in [2.75, 3.05) is 0 Å². The van der Waals surface area contributed by atoms with Crippen molar-refractivity contribution in [1.82, 2.24) is 0 Å². The molecule has 4 aromatic rings. The molecular formula is C41H50O6Si2. The molecule has 0 aromatic heterocycles. The summed E-state index contributed by atoms with van der Waals surface area (Å²) in [5, 5.41) is 15.6. The Morgan fingerprint density at radius 2 is 0.898 bits per heavy atom. The SMILES string of the molecule is CC1(C)O[C@@H]2[C@@H](O1)[C@@H](O[Si](c1ccccc1)(c1ccccc1)C(C)(C)C)C(=O)[C@@H](O)[C@H]2O[Si](c1ccccc1)(c1ccccc1)C(C)(C)C. The summed E-state index contributed by atoms with van der Waals surface area (Å²) in [6, 6.07) is 40.9. The van der Waals surface area contributed by atoms with Gasteiger partial charge in [-0.15, -0.1) is 0 Å². The molecule has 1 saturated carbocycles. The van der Waals surface area contributed by atoms with Crippen molar-refractivity contribution >= 4 is 43.2 Å². The first-order valence-corrected chi connectivity index (χ1v) is 21.1. The molecule has 0 bridgehead atoms. The number of hydrogen-bond donors (Lipinski definition) is 1. The van der Waals surface area contributed by atoms with Crippen molar-refractivity contribution in [2.45, 2.75) is 102 Å². The zero-order valence-corrected chi connectivity index (χ0v) is 31.9. The Morgan fingerprint density at radius 1 is 0.571 bits per heavy atom. The van der Waals surface area contributed by atoms with Gasteiger partial charge in [-0.05, 0) is 44.7 Å². The average Bonchev–Trinajstić information content (AvgIpc) is 3.40. The van der Waals surface area contributed by atoms with Gasteiger partial charge in [-0.3, -0.25) is 4.79 Å². The van der Waals surface area contributed by atoms with E-state index in [1.54, 1.807) is 0 Å². The number of carbonyl (C=O) groups is 1. The van der Waals surface area contributed by atoms with Gasteiger partial charge in [0.05, 0.1) is 0 Å². The molecule has 0 unspecified atom stereocenters. The molecule has 49 heavy (non-hydrogen) atoms. The van der Waals surface area contributed by atoms with Gasteiger partial charge < -0.3 is 23.4 Å². The standard InChI is InChI=1S/C41H50O6Si2/c1-39(2,3)48(29-21-13-9-14-22-29,30-23-15-10-16-24-30)46-35-33(42)34(43)36(38-37(35)44-41(7,8)45-38)47-49(40(4,5)6,31-25-17-11-18-26-31)32-27-19-12-20-28-32/h9-28,33,35-38,42H,1-8H3/t33-,35-,36+,37+,38+/m1/s1. The number of aliphatic hydroxyl groups is 1. The fourth-order valence-electron chi connectivity index (χ4n) is 8.01. The molecular weight excluding hydrogens is 645 g/mol. The lowest BCUT2D eigenvalue weighted by atomic mass is 9.86. The first-order chi connectivity index (χ1) is 23.1. The first-order valence-electron chi connectivity index (χ1n) is 17.3. The van der Waals surface area contributed by atoms with Crippen LogP contribution in [0.4, 0.5) is 0 Å². The molecule has 4 aromatic carbocycles. The summed E-state index contributed by atoms with van der Waals surface area (Å²) in [5.74, 6) is -1.49. The van der Waals surface area contributed by atoms with Gasteiger partial charge in [-0.1, -0.05) is 163 Å². The third-order valence-corrected chi connectivity index (χ3v) is 20.2. The minimum atomic E-state index is -3.22. The van der Waals surface area contributed by atoms with Crippen molar-refractivity contribution in [1.29, 1.82) is 0 Å². The average molecular weight is 695 g/mol.